The number of β-amino-alcohol motifs (C(OH)–C–C–N with tert-alkyl or cyclic N) is 1. The molecule has 9 nitrogen and oxygen atoms in total. The SMILES string of the molecule is CC1(O)CCN(c2ccc(Nc3cc(-c4ccc(F)c(NC(=O)c5cc6c(s5)=CCC=CC=6)c4)n[nH]c3=O)nc2)C1. The number of carbonyl (C=O) groups is 1. The molecule has 2 aliphatic rings. The number of halogens is 1. The van der Waals surface area contributed by atoms with E-state index in [0.29, 0.717) is 34.9 Å². The van der Waals surface area contributed by atoms with E-state index in [4.69, 9.17) is 0 Å². The number of benzene rings is 1. The number of anilines is 4. The number of rotatable bonds is 6. The molecule has 0 saturated carbocycles. The van der Waals surface area contributed by atoms with Gasteiger partial charge in [-0.15, -0.1) is 11.3 Å². The summed E-state index contributed by atoms with van der Waals surface area (Å²) in [6.07, 6.45) is 11.1. The largest absolute Gasteiger partial charge is 0.388 e. The molecule has 6 rings (SSSR count). The summed E-state index contributed by atoms with van der Waals surface area (Å²) in [7, 11) is 0. The van der Waals surface area contributed by atoms with Crippen molar-refractivity contribution in [3.8, 4) is 11.3 Å². The smallest absolute Gasteiger partial charge is 0.287 e. The fourth-order valence-electron chi connectivity index (χ4n) is 4.81. The quantitative estimate of drug-likeness (QED) is 0.280. The van der Waals surface area contributed by atoms with Gasteiger partial charge in [-0.05, 0) is 67.4 Å². The maximum atomic E-state index is 14.7. The Morgan fingerprint density at radius 1 is 1.20 bits per heavy atom. The summed E-state index contributed by atoms with van der Waals surface area (Å²) in [5.41, 5.74) is 0.785. The lowest BCUT2D eigenvalue weighted by Gasteiger charge is -2.20. The lowest BCUT2D eigenvalue weighted by atomic mass is 10.1. The molecule has 1 aliphatic heterocycles. The first-order chi connectivity index (χ1) is 19.7. The molecule has 0 radical (unpaired) electrons. The minimum atomic E-state index is -0.723. The van der Waals surface area contributed by atoms with Crippen molar-refractivity contribution in [1.29, 1.82) is 0 Å². The maximum absolute atomic E-state index is 14.7. The second-order valence-electron chi connectivity index (χ2n) is 10.3. The number of aromatic amines is 1. The number of carbonyl (C=O) groups excluding carboxylic acids is 1. The zero-order chi connectivity index (χ0) is 28.6. The van der Waals surface area contributed by atoms with Crippen molar-refractivity contribution in [3.05, 3.63) is 91.6 Å². The van der Waals surface area contributed by atoms with Crippen molar-refractivity contribution in [2.45, 2.75) is 25.4 Å². The molecule has 0 bridgehead atoms. The van der Waals surface area contributed by atoms with Crippen LogP contribution in [-0.2, 0) is 0 Å². The molecule has 1 fully saturated rings. The first kappa shape index (κ1) is 26.6. The number of aromatic nitrogens is 3. The van der Waals surface area contributed by atoms with Crippen LogP contribution < -0.4 is 30.8 Å². The number of amides is 1. The predicted octanol–water partition coefficient (Wildman–Crippen LogP) is 3.51. The highest BCUT2D eigenvalue weighted by Gasteiger charge is 2.31. The van der Waals surface area contributed by atoms with E-state index in [2.05, 4.69) is 30.7 Å². The average Bonchev–Trinajstić information content (AvgIpc) is 3.46. The summed E-state index contributed by atoms with van der Waals surface area (Å²) in [6, 6.07) is 11.2. The number of thiophene rings is 1. The van der Waals surface area contributed by atoms with E-state index in [-0.39, 0.29) is 11.4 Å². The Kier molecular flexibility index (Phi) is 6.98. The molecule has 1 aromatic carbocycles. The molecule has 1 atom stereocenters. The zero-order valence-electron chi connectivity index (χ0n) is 22.1. The second-order valence-corrected chi connectivity index (χ2v) is 11.4. The van der Waals surface area contributed by atoms with Crippen LogP contribution in [0.1, 0.15) is 29.4 Å². The van der Waals surface area contributed by atoms with E-state index < -0.39 is 22.9 Å². The predicted molar refractivity (Wildman–Crippen MR) is 159 cm³/mol. The van der Waals surface area contributed by atoms with Gasteiger partial charge in [-0.1, -0.05) is 24.3 Å². The Hall–Kier alpha value is -4.61. The highest BCUT2D eigenvalue weighted by molar-refractivity contribution is 7.12. The molecule has 1 aliphatic carbocycles. The summed E-state index contributed by atoms with van der Waals surface area (Å²) in [4.78, 5) is 32.4. The van der Waals surface area contributed by atoms with Crippen LogP contribution >= 0.6 is 11.3 Å². The van der Waals surface area contributed by atoms with E-state index >= 15 is 0 Å². The van der Waals surface area contributed by atoms with Crippen LogP contribution in [0.25, 0.3) is 23.4 Å². The molecule has 0 spiro atoms. The summed E-state index contributed by atoms with van der Waals surface area (Å²) < 4.78 is 15.7. The van der Waals surface area contributed by atoms with Gasteiger partial charge in [0.05, 0.1) is 33.7 Å². The lowest BCUT2D eigenvalue weighted by molar-refractivity contribution is 0.0839. The normalized spacial score (nSPS) is 17.8. The van der Waals surface area contributed by atoms with E-state index in [0.717, 1.165) is 28.4 Å². The van der Waals surface area contributed by atoms with Crippen molar-refractivity contribution in [2.75, 3.05) is 28.6 Å². The van der Waals surface area contributed by atoms with Gasteiger partial charge in [0.1, 0.15) is 17.3 Å². The molecule has 4 N–H and O–H groups in total. The average molecular weight is 571 g/mol. The number of fused-ring (bicyclic) bond motifs is 1. The van der Waals surface area contributed by atoms with Crippen LogP contribution in [0.4, 0.5) is 27.3 Å². The van der Waals surface area contributed by atoms with Gasteiger partial charge in [0.25, 0.3) is 11.5 Å². The minimum absolute atomic E-state index is 0.00426. The van der Waals surface area contributed by atoms with Gasteiger partial charge >= 0.3 is 0 Å². The van der Waals surface area contributed by atoms with Crippen molar-refractivity contribution < 1.29 is 14.3 Å². The first-order valence-electron chi connectivity index (χ1n) is 13.1. The number of hydrogen-bond donors (Lipinski definition) is 4. The Bertz CT molecular complexity index is 1850. The van der Waals surface area contributed by atoms with Crippen molar-refractivity contribution in [1.82, 2.24) is 15.2 Å². The lowest BCUT2D eigenvalue weighted by Crippen LogP contribution is -2.29. The molecule has 4 aromatic rings. The number of H-pyrrole nitrogens is 1. The summed E-state index contributed by atoms with van der Waals surface area (Å²) in [5, 5.41) is 23.4. The second kappa shape index (κ2) is 10.8. The van der Waals surface area contributed by atoms with Gasteiger partial charge in [-0.3, -0.25) is 9.59 Å². The molecule has 11 heteroatoms. The zero-order valence-corrected chi connectivity index (χ0v) is 23.0. The number of allylic oxidation sites excluding steroid dienone is 2. The Balaban J connectivity index is 1.21. The van der Waals surface area contributed by atoms with Crippen LogP contribution in [-0.4, -0.2) is 44.9 Å². The van der Waals surface area contributed by atoms with Crippen LogP contribution in [0.5, 0.6) is 0 Å². The fourth-order valence-corrected chi connectivity index (χ4v) is 5.80. The van der Waals surface area contributed by atoms with Crippen LogP contribution in [0.3, 0.4) is 0 Å². The maximum Gasteiger partial charge on any atom is 0.287 e. The topological polar surface area (TPSA) is 123 Å². The van der Waals surface area contributed by atoms with E-state index in [1.807, 2.05) is 37.3 Å². The highest BCUT2D eigenvalue weighted by Crippen LogP contribution is 2.28. The van der Waals surface area contributed by atoms with Gasteiger partial charge in [0.2, 0.25) is 0 Å². The molecule has 1 saturated heterocycles. The van der Waals surface area contributed by atoms with Gasteiger partial charge in [0.15, 0.2) is 0 Å². The third-order valence-corrected chi connectivity index (χ3v) is 8.15. The molecule has 3 aromatic heterocycles. The number of nitrogens with zero attached hydrogens (tertiary/aromatic N) is 3. The van der Waals surface area contributed by atoms with Gasteiger partial charge < -0.3 is 20.6 Å². The van der Waals surface area contributed by atoms with Gasteiger partial charge in [-0.25, -0.2) is 14.5 Å². The summed E-state index contributed by atoms with van der Waals surface area (Å²) in [5.74, 6) is -0.546. The van der Waals surface area contributed by atoms with E-state index in [1.165, 1.54) is 29.5 Å². The molecule has 4 heterocycles. The van der Waals surface area contributed by atoms with Crippen molar-refractivity contribution >= 4 is 52.3 Å². The first-order valence-corrected chi connectivity index (χ1v) is 13.9. The Labute approximate surface area is 238 Å². The fraction of sp³-hybridized carbons (Fsp3) is 0.200. The Morgan fingerprint density at radius 2 is 2.07 bits per heavy atom. The molecular weight excluding hydrogens is 543 g/mol. The van der Waals surface area contributed by atoms with Crippen LogP contribution in [0, 0.1) is 5.82 Å². The third kappa shape index (κ3) is 5.81. The van der Waals surface area contributed by atoms with E-state index in [1.54, 1.807) is 24.4 Å². The van der Waals surface area contributed by atoms with Crippen LogP contribution in [0.15, 0.2) is 65.6 Å². The summed E-state index contributed by atoms with van der Waals surface area (Å²) in [6.45, 7) is 3.08. The number of hydrogen-bond acceptors (Lipinski definition) is 8. The summed E-state index contributed by atoms with van der Waals surface area (Å²) >= 11 is 1.35. The highest BCUT2D eigenvalue weighted by atomic mass is 32.1. The molecular formula is C30H27FN6O3S. The van der Waals surface area contributed by atoms with Crippen molar-refractivity contribution in [3.63, 3.8) is 0 Å². The standard InChI is InChI=1S/C30H27FN6O3S/c1-30(40)11-12-37(17-30)20-8-10-27(32-16-20)33-24-15-22(35-36-28(24)38)18-7-9-21(31)23(13-18)34-29(39)26-14-19-5-3-2-4-6-25(19)41-26/h2-3,5-10,13-16,40H,4,11-12,17H2,1H3,(H,34,39)(H,36,38)(H,32,33,35). The third-order valence-electron chi connectivity index (χ3n) is 7.01. The van der Waals surface area contributed by atoms with Gasteiger partial charge in [-0.2, -0.15) is 5.10 Å². The number of nitrogens with one attached hydrogen (secondary N) is 3. The number of aliphatic hydroxyl groups is 1. The molecule has 1 unspecified atom stereocenters. The number of pyridine rings is 1. The van der Waals surface area contributed by atoms with E-state index in [9.17, 15) is 19.1 Å². The molecule has 208 valence electrons. The van der Waals surface area contributed by atoms with Gasteiger partial charge in [0, 0.05) is 23.2 Å². The molecule has 41 heavy (non-hydrogen) atoms. The monoisotopic (exact) mass is 570 g/mol. The Morgan fingerprint density at radius 3 is 2.85 bits per heavy atom. The van der Waals surface area contributed by atoms with Crippen LogP contribution in [0.2, 0.25) is 0 Å². The molecule has 1 amide bonds. The minimum Gasteiger partial charge on any atom is -0.388 e. The van der Waals surface area contributed by atoms with Crippen molar-refractivity contribution in [2.24, 2.45) is 0 Å².